The van der Waals surface area contributed by atoms with Crippen LogP contribution in [0.4, 0.5) is 5.69 Å². The first-order valence-electron chi connectivity index (χ1n) is 11.4. The van der Waals surface area contributed by atoms with E-state index in [0.717, 1.165) is 30.4 Å². The fourth-order valence-corrected chi connectivity index (χ4v) is 5.28. The van der Waals surface area contributed by atoms with Crippen molar-refractivity contribution in [1.29, 1.82) is 0 Å². The highest BCUT2D eigenvalue weighted by atomic mass is 32.2. The van der Waals surface area contributed by atoms with Gasteiger partial charge in [-0.15, -0.1) is 0 Å². The first-order valence-corrected chi connectivity index (χ1v) is 12.9. The quantitative estimate of drug-likeness (QED) is 0.522. The summed E-state index contributed by atoms with van der Waals surface area (Å²) in [5.74, 6) is 0.0358. The van der Waals surface area contributed by atoms with Crippen LogP contribution in [0, 0.1) is 6.92 Å². The van der Waals surface area contributed by atoms with Crippen LogP contribution in [0.15, 0.2) is 65.1 Å². The summed E-state index contributed by atoms with van der Waals surface area (Å²) in [7, 11) is -3.88. The Morgan fingerprint density at radius 1 is 1.03 bits per heavy atom. The molecular formula is C26H34N2O3S. The molecule has 0 bridgehead atoms. The fourth-order valence-electron chi connectivity index (χ4n) is 3.86. The molecule has 3 rings (SSSR count). The number of aryl methyl sites for hydroxylation is 1. The molecule has 0 radical (unpaired) electrons. The van der Waals surface area contributed by atoms with Gasteiger partial charge in [-0.2, -0.15) is 0 Å². The van der Waals surface area contributed by atoms with Gasteiger partial charge in [0.15, 0.2) is 0 Å². The molecule has 1 aliphatic carbocycles. The summed E-state index contributed by atoms with van der Waals surface area (Å²) in [6.07, 6.45) is 7.72. The number of hydrogen-bond acceptors (Lipinski definition) is 3. The average molecular weight is 455 g/mol. The molecule has 0 saturated carbocycles. The fraction of sp³-hybridized carbons (Fsp3) is 0.423. The van der Waals surface area contributed by atoms with E-state index in [1.165, 1.54) is 22.7 Å². The Balaban J connectivity index is 1.79. The van der Waals surface area contributed by atoms with Crippen molar-refractivity contribution >= 4 is 21.6 Å². The Kier molecular flexibility index (Phi) is 8.13. The van der Waals surface area contributed by atoms with Gasteiger partial charge in [-0.05, 0) is 74.8 Å². The van der Waals surface area contributed by atoms with Crippen molar-refractivity contribution in [2.75, 3.05) is 17.4 Å². The van der Waals surface area contributed by atoms with Gasteiger partial charge in [0.05, 0.1) is 10.6 Å². The van der Waals surface area contributed by atoms with Gasteiger partial charge in [0.1, 0.15) is 6.54 Å². The lowest BCUT2D eigenvalue weighted by Gasteiger charge is -2.25. The number of sulfonamides is 1. The van der Waals surface area contributed by atoms with E-state index < -0.39 is 10.0 Å². The summed E-state index contributed by atoms with van der Waals surface area (Å²) in [4.78, 5) is 12.9. The Labute approximate surface area is 192 Å². The van der Waals surface area contributed by atoms with E-state index in [4.69, 9.17) is 0 Å². The molecule has 0 fully saturated rings. The van der Waals surface area contributed by atoms with Crippen LogP contribution < -0.4 is 9.62 Å². The van der Waals surface area contributed by atoms with Crippen LogP contribution in [0.2, 0.25) is 0 Å². The van der Waals surface area contributed by atoms with E-state index in [9.17, 15) is 13.2 Å². The van der Waals surface area contributed by atoms with Gasteiger partial charge in [0, 0.05) is 6.54 Å². The maximum atomic E-state index is 13.5. The molecular weight excluding hydrogens is 420 g/mol. The lowest BCUT2D eigenvalue weighted by Crippen LogP contribution is -2.41. The summed E-state index contributed by atoms with van der Waals surface area (Å²) >= 11 is 0. The van der Waals surface area contributed by atoms with E-state index in [2.05, 4.69) is 25.2 Å². The number of allylic oxidation sites excluding steroid dienone is 1. The van der Waals surface area contributed by atoms with Gasteiger partial charge in [-0.25, -0.2) is 8.42 Å². The number of carbonyl (C=O) groups excluding carboxylic acids is 1. The summed E-state index contributed by atoms with van der Waals surface area (Å²) in [5.41, 5.74) is 3.96. The number of nitrogens with one attached hydrogen (secondary N) is 1. The van der Waals surface area contributed by atoms with E-state index >= 15 is 0 Å². The number of nitrogens with zero attached hydrogens (tertiary/aromatic N) is 1. The zero-order valence-electron chi connectivity index (χ0n) is 19.3. The highest BCUT2D eigenvalue weighted by Crippen LogP contribution is 2.26. The summed E-state index contributed by atoms with van der Waals surface area (Å²) in [5, 5.41) is 2.91. The van der Waals surface area contributed by atoms with Gasteiger partial charge < -0.3 is 5.32 Å². The average Bonchev–Trinajstić information content (AvgIpc) is 2.78. The second-order valence-electron chi connectivity index (χ2n) is 8.78. The molecule has 1 N–H and O–H groups in total. The highest BCUT2D eigenvalue weighted by molar-refractivity contribution is 7.92. The van der Waals surface area contributed by atoms with Crippen molar-refractivity contribution in [1.82, 2.24) is 5.32 Å². The van der Waals surface area contributed by atoms with E-state index in [-0.39, 0.29) is 17.3 Å². The zero-order chi connectivity index (χ0) is 23.1. The third-order valence-electron chi connectivity index (χ3n) is 5.90. The number of anilines is 1. The number of rotatable bonds is 9. The van der Waals surface area contributed by atoms with Crippen LogP contribution in [-0.4, -0.2) is 27.4 Å². The molecule has 0 atom stereocenters. The second kappa shape index (κ2) is 10.8. The predicted molar refractivity (Wildman–Crippen MR) is 130 cm³/mol. The molecule has 1 aliphatic rings. The molecule has 0 heterocycles. The molecule has 0 spiro atoms. The van der Waals surface area contributed by atoms with E-state index in [0.29, 0.717) is 18.2 Å². The Hall–Kier alpha value is -2.60. The molecule has 6 heteroatoms. The molecule has 2 aromatic rings. The van der Waals surface area contributed by atoms with Crippen molar-refractivity contribution < 1.29 is 13.2 Å². The number of hydrogen-bond donors (Lipinski definition) is 1. The minimum atomic E-state index is -3.88. The molecule has 0 saturated heterocycles. The van der Waals surface area contributed by atoms with Crippen LogP contribution in [0.5, 0.6) is 0 Å². The monoisotopic (exact) mass is 454 g/mol. The SMILES string of the molecule is Cc1ccc(S(=O)(=O)N(CC(=O)NCCC2=CCCCC2)c2ccc(C(C)C)cc2)cc1. The maximum Gasteiger partial charge on any atom is 0.264 e. The molecule has 32 heavy (non-hydrogen) atoms. The molecule has 172 valence electrons. The van der Waals surface area contributed by atoms with Crippen molar-refractivity contribution in [3.05, 3.63) is 71.3 Å². The molecule has 0 unspecified atom stereocenters. The van der Waals surface area contributed by atoms with Crippen molar-refractivity contribution in [2.24, 2.45) is 0 Å². The van der Waals surface area contributed by atoms with Crippen molar-refractivity contribution in [3.63, 3.8) is 0 Å². The third-order valence-corrected chi connectivity index (χ3v) is 7.69. The largest absolute Gasteiger partial charge is 0.354 e. The molecule has 1 amide bonds. The molecule has 2 aromatic carbocycles. The van der Waals surface area contributed by atoms with Crippen LogP contribution >= 0.6 is 0 Å². The van der Waals surface area contributed by atoms with Crippen LogP contribution in [0.25, 0.3) is 0 Å². The number of benzene rings is 2. The zero-order valence-corrected chi connectivity index (χ0v) is 20.1. The van der Waals surface area contributed by atoms with Gasteiger partial charge in [-0.3, -0.25) is 9.10 Å². The number of amides is 1. The second-order valence-corrected chi connectivity index (χ2v) is 10.6. The lowest BCUT2D eigenvalue weighted by molar-refractivity contribution is -0.119. The number of carbonyl (C=O) groups is 1. The Morgan fingerprint density at radius 2 is 1.72 bits per heavy atom. The van der Waals surface area contributed by atoms with Gasteiger partial charge in [0.2, 0.25) is 5.91 Å². The van der Waals surface area contributed by atoms with E-state index in [1.54, 1.807) is 36.4 Å². The summed E-state index contributed by atoms with van der Waals surface area (Å²) in [6, 6.07) is 14.1. The summed E-state index contributed by atoms with van der Waals surface area (Å²) in [6.45, 7) is 6.36. The minimum absolute atomic E-state index is 0.177. The molecule has 5 nitrogen and oxygen atoms in total. The summed E-state index contributed by atoms with van der Waals surface area (Å²) < 4.78 is 28.1. The van der Waals surface area contributed by atoms with Gasteiger partial charge >= 0.3 is 0 Å². The van der Waals surface area contributed by atoms with Gasteiger partial charge in [-0.1, -0.05) is 55.3 Å². The van der Waals surface area contributed by atoms with Crippen LogP contribution in [0.1, 0.15) is 63.0 Å². The smallest absolute Gasteiger partial charge is 0.264 e. The van der Waals surface area contributed by atoms with E-state index in [1.807, 2.05) is 19.1 Å². The third kappa shape index (κ3) is 6.22. The van der Waals surface area contributed by atoms with Crippen molar-refractivity contribution in [2.45, 2.75) is 63.7 Å². The Bertz CT molecular complexity index is 1040. The standard InChI is InChI=1S/C26H34N2O3S/c1-20(2)23-11-13-24(14-12-23)28(32(30,31)25-15-9-21(3)10-16-25)19-26(29)27-18-17-22-7-5-4-6-8-22/h7,9-16,20H,4-6,8,17-19H2,1-3H3,(H,27,29). The normalized spacial score (nSPS) is 14.2. The maximum absolute atomic E-state index is 13.5. The predicted octanol–water partition coefficient (Wildman–Crippen LogP) is 5.32. The lowest BCUT2D eigenvalue weighted by atomic mass is 9.97. The molecule has 0 aromatic heterocycles. The van der Waals surface area contributed by atoms with Crippen LogP contribution in [0.3, 0.4) is 0 Å². The first kappa shape index (κ1) is 24.1. The molecule has 0 aliphatic heterocycles. The van der Waals surface area contributed by atoms with Crippen molar-refractivity contribution in [3.8, 4) is 0 Å². The topological polar surface area (TPSA) is 66.5 Å². The van der Waals surface area contributed by atoms with Gasteiger partial charge in [0.25, 0.3) is 10.0 Å². The van der Waals surface area contributed by atoms with Crippen LogP contribution in [-0.2, 0) is 14.8 Å². The first-order chi connectivity index (χ1) is 15.3. The minimum Gasteiger partial charge on any atom is -0.354 e. The highest BCUT2D eigenvalue weighted by Gasteiger charge is 2.27. The Morgan fingerprint density at radius 3 is 2.31 bits per heavy atom.